The van der Waals surface area contributed by atoms with Gasteiger partial charge < -0.3 is 11.1 Å². The third kappa shape index (κ3) is 5.10. The molecular weight excluding hydrogens is 338 g/mol. The van der Waals surface area contributed by atoms with Crippen molar-refractivity contribution >= 4 is 17.5 Å². The molecule has 1 aromatic rings. The van der Waals surface area contributed by atoms with Gasteiger partial charge in [0.25, 0.3) is 0 Å². The maximum atomic E-state index is 12.5. The maximum absolute atomic E-state index is 12.5. The first-order chi connectivity index (χ1) is 13.1. The Bertz CT molecular complexity index is 677. The van der Waals surface area contributed by atoms with Crippen molar-refractivity contribution in [2.75, 3.05) is 18.4 Å². The fourth-order valence-electron chi connectivity index (χ4n) is 4.57. The average Bonchev–Trinajstić information content (AvgIpc) is 3.55. The molecule has 0 spiro atoms. The summed E-state index contributed by atoms with van der Waals surface area (Å²) < 4.78 is 0. The zero-order valence-electron chi connectivity index (χ0n) is 16.0. The zero-order chi connectivity index (χ0) is 18.8. The van der Waals surface area contributed by atoms with Gasteiger partial charge in [0, 0.05) is 24.6 Å². The van der Waals surface area contributed by atoms with E-state index in [1.807, 2.05) is 12.1 Å². The number of likely N-dealkylation sites (tertiary alicyclic amines) is 1. The molecule has 2 saturated carbocycles. The summed E-state index contributed by atoms with van der Waals surface area (Å²) in [4.78, 5) is 26.2. The van der Waals surface area contributed by atoms with Crippen molar-refractivity contribution in [1.29, 1.82) is 0 Å². The Hall–Kier alpha value is -1.88. The van der Waals surface area contributed by atoms with Gasteiger partial charge in [-0.05, 0) is 87.1 Å². The Morgan fingerprint density at radius 1 is 1.07 bits per heavy atom. The van der Waals surface area contributed by atoms with Crippen LogP contribution in [0.15, 0.2) is 24.3 Å². The molecule has 3 aliphatic rings. The second kappa shape index (κ2) is 8.01. The van der Waals surface area contributed by atoms with Gasteiger partial charge in [0.1, 0.15) is 0 Å². The van der Waals surface area contributed by atoms with E-state index in [4.69, 9.17) is 5.73 Å². The number of piperidine rings is 1. The number of nitrogens with two attached hydrogens (primary N) is 1. The minimum atomic E-state index is -0.171. The molecule has 5 nitrogen and oxygen atoms in total. The molecule has 0 aromatic heterocycles. The summed E-state index contributed by atoms with van der Waals surface area (Å²) in [6.07, 6.45) is 7.63. The van der Waals surface area contributed by atoms with E-state index in [1.165, 1.54) is 31.2 Å². The van der Waals surface area contributed by atoms with Crippen LogP contribution in [0, 0.1) is 23.7 Å². The van der Waals surface area contributed by atoms with Crippen LogP contribution in [-0.2, 0) is 16.1 Å². The first-order valence-electron chi connectivity index (χ1n) is 10.5. The molecule has 5 heteroatoms. The Balaban J connectivity index is 1.28. The summed E-state index contributed by atoms with van der Waals surface area (Å²) >= 11 is 0. The summed E-state index contributed by atoms with van der Waals surface area (Å²) in [6, 6.07) is 8.18. The first kappa shape index (κ1) is 18.5. The Morgan fingerprint density at radius 2 is 1.74 bits per heavy atom. The van der Waals surface area contributed by atoms with E-state index < -0.39 is 0 Å². The number of hydrogen-bond acceptors (Lipinski definition) is 3. The van der Waals surface area contributed by atoms with Gasteiger partial charge in [0.05, 0.1) is 0 Å². The molecule has 27 heavy (non-hydrogen) atoms. The van der Waals surface area contributed by atoms with E-state index in [0.717, 1.165) is 50.0 Å². The van der Waals surface area contributed by atoms with Crippen LogP contribution in [0.5, 0.6) is 0 Å². The normalized spacial score (nSPS) is 21.4. The molecule has 1 saturated heterocycles. The number of primary amides is 1. The van der Waals surface area contributed by atoms with Gasteiger partial charge in [-0.3, -0.25) is 14.5 Å². The molecule has 0 radical (unpaired) electrons. The van der Waals surface area contributed by atoms with Crippen molar-refractivity contribution in [2.24, 2.45) is 29.4 Å². The fraction of sp³-hybridized carbons (Fsp3) is 0.636. The third-order valence-corrected chi connectivity index (χ3v) is 6.48. The number of carbonyl (C=O) groups excluding carboxylic acids is 2. The number of rotatable bonds is 8. The lowest BCUT2D eigenvalue weighted by molar-refractivity contribution is -0.123. The topological polar surface area (TPSA) is 75.4 Å². The second-order valence-electron chi connectivity index (χ2n) is 8.74. The number of hydrogen-bond donors (Lipinski definition) is 2. The van der Waals surface area contributed by atoms with Gasteiger partial charge in [0.15, 0.2) is 0 Å². The lowest BCUT2D eigenvalue weighted by Crippen LogP contribution is -2.38. The zero-order valence-corrected chi connectivity index (χ0v) is 16.0. The monoisotopic (exact) mass is 369 g/mol. The molecule has 3 fully saturated rings. The molecule has 1 aromatic carbocycles. The summed E-state index contributed by atoms with van der Waals surface area (Å²) in [5.74, 6) is 2.24. The lowest BCUT2D eigenvalue weighted by Gasteiger charge is -2.30. The number of benzene rings is 1. The van der Waals surface area contributed by atoms with Crippen LogP contribution in [-0.4, -0.2) is 29.8 Å². The smallest absolute Gasteiger partial charge is 0.224 e. The van der Waals surface area contributed by atoms with Gasteiger partial charge in [-0.1, -0.05) is 12.1 Å². The molecule has 0 unspecified atom stereocenters. The van der Waals surface area contributed by atoms with Crippen molar-refractivity contribution in [3.8, 4) is 0 Å². The molecule has 3 N–H and O–H groups in total. The largest absolute Gasteiger partial charge is 0.369 e. The Kier molecular flexibility index (Phi) is 5.48. The van der Waals surface area contributed by atoms with Gasteiger partial charge in [-0.2, -0.15) is 0 Å². The van der Waals surface area contributed by atoms with Gasteiger partial charge in [-0.15, -0.1) is 0 Å². The highest BCUT2D eigenvalue weighted by Gasteiger charge is 2.42. The molecule has 146 valence electrons. The lowest BCUT2D eigenvalue weighted by atomic mass is 9.94. The molecule has 1 heterocycles. The van der Waals surface area contributed by atoms with Crippen LogP contribution in [0.4, 0.5) is 5.69 Å². The van der Waals surface area contributed by atoms with Crippen LogP contribution >= 0.6 is 0 Å². The molecule has 2 amide bonds. The number of nitrogens with zero attached hydrogens (tertiary/aromatic N) is 1. The highest BCUT2D eigenvalue weighted by Crippen LogP contribution is 2.50. The van der Waals surface area contributed by atoms with E-state index in [0.29, 0.717) is 12.3 Å². The molecule has 0 bridgehead atoms. The van der Waals surface area contributed by atoms with Crippen LogP contribution < -0.4 is 11.1 Å². The van der Waals surface area contributed by atoms with Gasteiger partial charge in [0.2, 0.25) is 11.8 Å². The van der Waals surface area contributed by atoms with Crippen molar-refractivity contribution in [3.63, 3.8) is 0 Å². The number of anilines is 1. The van der Waals surface area contributed by atoms with E-state index in [1.54, 1.807) is 0 Å². The standard InChI is InChI=1S/C22H31N3O2/c23-22(27)18-8-10-25(11-9-18)14-15-2-1-3-19(12-15)24-21(26)13-20(16-4-5-16)17-6-7-17/h1-3,12,16-18,20H,4-11,13-14H2,(H2,23,27)(H,24,26). The molecule has 0 atom stereocenters. The SMILES string of the molecule is NC(=O)C1CCN(Cc2cccc(NC(=O)CC(C3CC3)C3CC3)c2)CC1. The summed E-state index contributed by atoms with van der Waals surface area (Å²) in [5, 5.41) is 3.12. The van der Waals surface area contributed by atoms with E-state index >= 15 is 0 Å². The molecule has 4 rings (SSSR count). The third-order valence-electron chi connectivity index (χ3n) is 6.48. The second-order valence-corrected chi connectivity index (χ2v) is 8.74. The van der Waals surface area contributed by atoms with Crippen molar-refractivity contribution < 1.29 is 9.59 Å². The van der Waals surface area contributed by atoms with Crippen LogP contribution in [0.1, 0.15) is 50.5 Å². The van der Waals surface area contributed by atoms with Gasteiger partial charge in [-0.25, -0.2) is 0 Å². The minimum absolute atomic E-state index is 0.0257. The summed E-state index contributed by atoms with van der Waals surface area (Å²) in [7, 11) is 0. The molecular formula is C22H31N3O2. The summed E-state index contributed by atoms with van der Waals surface area (Å²) in [5.41, 5.74) is 7.51. The fourth-order valence-corrected chi connectivity index (χ4v) is 4.57. The van der Waals surface area contributed by atoms with E-state index in [-0.39, 0.29) is 17.7 Å². The van der Waals surface area contributed by atoms with Crippen LogP contribution in [0.3, 0.4) is 0 Å². The van der Waals surface area contributed by atoms with E-state index in [9.17, 15) is 9.59 Å². The average molecular weight is 370 g/mol. The van der Waals surface area contributed by atoms with Crippen LogP contribution in [0.2, 0.25) is 0 Å². The Labute approximate surface area is 161 Å². The summed E-state index contributed by atoms with van der Waals surface area (Å²) in [6.45, 7) is 2.64. The van der Waals surface area contributed by atoms with Crippen LogP contribution in [0.25, 0.3) is 0 Å². The van der Waals surface area contributed by atoms with Gasteiger partial charge >= 0.3 is 0 Å². The maximum Gasteiger partial charge on any atom is 0.224 e. The minimum Gasteiger partial charge on any atom is -0.369 e. The number of carbonyl (C=O) groups is 2. The predicted octanol–water partition coefficient (Wildman–Crippen LogP) is 3.15. The molecule has 2 aliphatic carbocycles. The highest BCUT2D eigenvalue weighted by molar-refractivity contribution is 5.91. The number of amides is 2. The van der Waals surface area contributed by atoms with Crippen molar-refractivity contribution in [1.82, 2.24) is 4.90 Å². The van der Waals surface area contributed by atoms with Crippen molar-refractivity contribution in [2.45, 2.75) is 51.5 Å². The van der Waals surface area contributed by atoms with E-state index in [2.05, 4.69) is 22.3 Å². The number of nitrogens with one attached hydrogen (secondary N) is 1. The predicted molar refractivity (Wildman–Crippen MR) is 106 cm³/mol. The quantitative estimate of drug-likeness (QED) is 0.739. The first-order valence-corrected chi connectivity index (χ1v) is 10.5. The van der Waals surface area contributed by atoms with Crippen molar-refractivity contribution in [3.05, 3.63) is 29.8 Å². The highest BCUT2D eigenvalue weighted by atomic mass is 16.2. The Morgan fingerprint density at radius 3 is 2.33 bits per heavy atom. The molecule has 1 aliphatic heterocycles.